The molecule has 2 unspecified atom stereocenters. The highest BCUT2D eigenvalue weighted by Gasteiger charge is 2.36. The largest absolute Gasteiger partial charge is 0.356 e. The van der Waals surface area contributed by atoms with Gasteiger partial charge in [0.1, 0.15) is 0 Å². The molecule has 0 aromatic carbocycles. The summed E-state index contributed by atoms with van der Waals surface area (Å²) in [6, 6.07) is 0.678. The first-order valence-corrected chi connectivity index (χ1v) is 6.29. The average Bonchev–Trinajstić information content (AvgIpc) is 2.96. The summed E-state index contributed by atoms with van der Waals surface area (Å²) in [4.78, 5) is 4.23. The molecule has 0 spiro atoms. The first-order valence-electron chi connectivity index (χ1n) is 6.29. The lowest BCUT2D eigenvalue weighted by Crippen LogP contribution is -2.39. The SMILES string of the molecule is CCCCNC(=NC)NC1CC1CCC. The smallest absolute Gasteiger partial charge is 0.191 e. The molecule has 0 aromatic heterocycles. The molecule has 0 amide bonds. The molecule has 1 fully saturated rings. The highest BCUT2D eigenvalue weighted by Crippen LogP contribution is 2.34. The summed E-state index contributed by atoms with van der Waals surface area (Å²) >= 11 is 0. The Morgan fingerprint density at radius 3 is 2.73 bits per heavy atom. The number of nitrogens with zero attached hydrogens (tertiary/aromatic N) is 1. The molecule has 1 rings (SSSR count). The van der Waals surface area contributed by atoms with Crippen LogP contribution in [0.2, 0.25) is 0 Å². The Bertz CT molecular complexity index is 201. The van der Waals surface area contributed by atoms with Gasteiger partial charge in [-0.05, 0) is 25.2 Å². The summed E-state index contributed by atoms with van der Waals surface area (Å²) < 4.78 is 0. The van der Waals surface area contributed by atoms with E-state index in [0.29, 0.717) is 6.04 Å². The Kier molecular flexibility index (Phi) is 5.51. The highest BCUT2D eigenvalue weighted by molar-refractivity contribution is 5.80. The van der Waals surface area contributed by atoms with Crippen LogP contribution in [0.5, 0.6) is 0 Å². The van der Waals surface area contributed by atoms with Gasteiger partial charge < -0.3 is 10.6 Å². The number of aliphatic imine (C=N–C) groups is 1. The summed E-state index contributed by atoms with van der Waals surface area (Å²) in [5.74, 6) is 1.87. The number of hydrogen-bond donors (Lipinski definition) is 2. The van der Waals surface area contributed by atoms with Crippen LogP contribution < -0.4 is 10.6 Å². The van der Waals surface area contributed by atoms with Crippen molar-refractivity contribution in [2.24, 2.45) is 10.9 Å². The quantitative estimate of drug-likeness (QED) is 0.401. The van der Waals surface area contributed by atoms with E-state index in [1.54, 1.807) is 0 Å². The van der Waals surface area contributed by atoms with Crippen LogP contribution in [-0.4, -0.2) is 25.6 Å². The van der Waals surface area contributed by atoms with Gasteiger partial charge >= 0.3 is 0 Å². The highest BCUT2D eigenvalue weighted by atomic mass is 15.2. The summed E-state index contributed by atoms with van der Waals surface area (Å²) in [7, 11) is 1.85. The van der Waals surface area contributed by atoms with Crippen LogP contribution in [0.1, 0.15) is 46.0 Å². The fourth-order valence-corrected chi connectivity index (χ4v) is 1.87. The van der Waals surface area contributed by atoms with Crippen LogP contribution in [0.15, 0.2) is 4.99 Å². The fourth-order valence-electron chi connectivity index (χ4n) is 1.87. The normalized spacial score (nSPS) is 25.1. The number of unbranched alkanes of at least 4 members (excludes halogenated alkanes) is 1. The minimum Gasteiger partial charge on any atom is -0.356 e. The van der Waals surface area contributed by atoms with Crippen molar-refractivity contribution in [1.82, 2.24) is 10.6 Å². The Morgan fingerprint density at radius 2 is 2.13 bits per heavy atom. The summed E-state index contributed by atoms with van der Waals surface area (Å²) in [5, 5.41) is 6.82. The fraction of sp³-hybridized carbons (Fsp3) is 0.917. The topological polar surface area (TPSA) is 36.4 Å². The van der Waals surface area contributed by atoms with E-state index in [1.165, 1.54) is 32.1 Å². The Labute approximate surface area is 93.7 Å². The van der Waals surface area contributed by atoms with E-state index in [1.807, 2.05) is 7.05 Å². The lowest BCUT2D eigenvalue weighted by atomic mass is 10.2. The number of rotatable bonds is 6. The predicted molar refractivity (Wildman–Crippen MR) is 66.2 cm³/mol. The van der Waals surface area contributed by atoms with Gasteiger partial charge in [0.15, 0.2) is 5.96 Å². The van der Waals surface area contributed by atoms with Crippen LogP contribution in [0, 0.1) is 5.92 Å². The van der Waals surface area contributed by atoms with Crippen LogP contribution in [0.4, 0.5) is 0 Å². The second-order valence-corrected chi connectivity index (χ2v) is 4.39. The third kappa shape index (κ3) is 4.54. The molecule has 1 saturated carbocycles. The predicted octanol–water partition coefficient (Wildman–Crippen LogP) is 2.14. The van der Waals surface area contributed by atoms with Gasteiger partial charge in [-0.1, -0.05) is 26.7 Å². The van der Waals surface area contributed by atoms with Crippen molar-refractivity contribution in [2.75, 3.05) is 13.6 Å². The summed E-state index contributed by atoms with van der Waals surface area (Å²) in [6.07, 6.45) is 6.41. The Balaban J connectivity index is 2.13. The van der Waals surface area contributed by atoms with Crippen LogP contribution >= 0.6 is 0 Å². The van der Waals surface area contributed by atoms with E-state index in [4.69, 9.17) is 0 Å². The van der Waals surface area contributed by atoms with Crippen molar-refractivity contribution in [2.45, 2.75) is 52.0 Å². The molecule has 0 saturated heterocycles. The average molecular weight is 211 g/mol. The molecule has 1 aliphatic carbocycles. The van der Waals surface area contributed by atoms with Gasteiger partial charge in [0.25, 0.3) is 0 Å². The third-order valence-electron chi connectivity index (χ3n) is 2.95. The van der Waals surface area contributed by atoms with Crippen molar-refractivity contribution in [3.8, 4) is 0 Å². The maximum atomic E-state index is 4.23. The van der Waals surface area contributed by atoms with Crippen LogP contribution in [-0.2, 0) is 0 Å². The van der Waals surface area contributed by atoms with Crippen molar-refractivity contribution >= 4 is 5.96 Å². The molecule has 3 heteroatoms. The van der Waals surface area contributed by atoms with Gasteiger partial charge in [0.2, 0.25) is 0 Å². The van der Waals surface area contributed by atoms with E-state index in [2.05, 4.69) is 29.5 Å². The first kappa shape index (κ1) is 12.3. The molecule has 0 radical (unpaired) electrons. The van der Waals surface area contributed by atoms with Gasteiger partial charge in [-0.25, -0.2) is 0 Å². The molecular formula is C12H25N3. The zero-order valence-electron chi connectivity index (χ0n) is 10.3. The summed E-state index contributed by atoms with van der Waals surface area (Å²) in [5.41, 5.74) is 0. The molecule has 2 atom stereocenters. The second kappa shape index (κ2) is 6.70. The van der Waals surface area contributed by atoms with Crippen molar-refractivity contribution in [3.63, 3.8) is 0 Å². The molecule has 0 aromatic rings. The van der Waals surface area contributed by atoms with E-state index in [9.17, 15) is 0 Å². The summed E-state index contributed by atoms with van der Waals surface area (Å²) in [6.45, 7) is 5.49. The van der Waals surface area contributed by atoms with Gasteiger partial charge in [0.05, 0.1) is 0 Å². The molecule has 88 valence electrons. The zero-order chi connectivity index (χ0) is 11.1. The van der Waals surface area contributed by atoms with Gasteiger partial charge in [-0.15, -0.1) is 0 Å². The maximum absolute atomic E-state index is 4.23. The second-order valence-electron chi connectivity index (χ2n) is 4.39. The Hall–Kier alpha value is -0.730. The van der Waals surface area contributed by atoms with E-state index in [-0.39, 0.29) is 0 Å². The molecule has 15 heavy (non-hydrogen) atoms. The molecule has 0 bridgehead atoms. The van der Waals surface area contributed by atoms with Gasteiger partial charge in [-0.3, -0.25) is 4.99 Å². The standard InChI is InChI=1S/C12H25N3/c1-4-6-8-14-12(13-3)15-11-9-10(11)7-5-2/h10-11H,4-9H2,1-3H3,(H2,13,14,15). The number of guanidine groups is 1. The minimum absolute atomic E-state index is 0.678. The minimum atomic E-state index is 0.678. The first-order chi connectivity index (χ1) is 7.31. The number of hydrogen-bond acceptors (Lipinski definition) is 1. The Morgan fingerprint density at radius 1 is 1.33 bits per heavy atom. The lowest BCUT2D eigenvalue weighted by molar-refractivity contribution is 0.651. The molecule has 0 heterocycles. The lowest BCUT2D eigenvalue weighted by Gasteiger charge is -2.11. The molecule has 0 aliphatic heterocycles. The van der Waals surface area contributed by atoms with Gasteiger partial charge in [0, 0.05) is 19.6 Å². The third-order valence-corrected chi connectivity index (χ3v) is 2.95. The monoisotopic (exact) mass is 211 g/mol. The van der Waals surface area contributed by atoms with Crippen molar-refractivity contribution in [1.29, 1.82) is 0 Å². The van der Waals surface area contributed by atoms with Crippen molar-refractivity contribution < 1.29 is 0 Å². The zero-order valence-corrected chi connectivity index (χ0v) is 10.3. The molecular weight excluding hydrogens is 186 g/mol. The maximum Gasteiger partial charge on any atom is 0.191 e. The van der Waals surface area contributed by atoms with Crippen LogP contribution in [0.25, 0.3) is 0 Å². The number of nitrogens with one attached hydrogen (secondary N) is 2. The van der Waals surface area contributed by atoms with Gasteiger partial charge in [-0.2, -0.15) is 0 Å². The van der Waals surface area contributed by atoms with Crippen LogP contribution in [0.3, 0.4) is 0 Å². The molecule has 2 N–H and O–H groups in total. The van der Waals surface area contributed by atoms with E-state index >= 15 is 0 Å². The molecule has 1 aliphatic rings. The molecule has 3 nitrogen and oxygen atoms in total. The van der Waals surface area contributed by atoms with E-state index < -0.39 is 0 Å². The van der Waals surface area contributed by atoms with E-state index in [0.717, 1.165) is 18.4 Å². The van der Waals surface area contributed by atoms with Crippen molar-refractivity contribution in [3.05, 3.63) is 0 Å².